The summed E-state index contributed by atoms with van der Waals surface area (Å²) in [6, 6.07) is 0. The topological polar surface area (TPSA) is 21.6 Å². The van der Waals surface area contributed by atoms with Crippen LogP contribution in [0.1, 0.15) is 19.3 Å². The first-order valence-electron chi connectivity index (χ1n) is 4.09. The van der Waals surface area contributed by atoms with Gasteiger partial charge in [-0.2, -0.15) is 0 Å². The molecule has 3 atom stereocenters. The lowest BCUT2D eigenvalue weighted by Gasteiger charge is -2.14. The average Bonchev–Trinajstić information content (AvgIpc) is 2.60. The van der Waals surface area contributed by atoms with Gasteiger partial charge in [-0.3, -0.25) is 0 Å². The standard InChI is InChI=1S/C8H11NOS/c11-5-9-4-6-3-7-1-2-8(6)10-7/h6-8H,1-4H2. The van der Waals surface area contributed by atoms with Gasteiger partial charge in [-0.15, -0.1) is 0 Å². The summed E-state index contributed by atoms with van der Waals surface area (Å²) in [6.45, 7) is 0.824. The first-order valence-corrected chi connectivity index (χ1v) is 4.50. The highest BCUT2D eigenvalue weighted by Gasteiger charge is 2.40. The van der Waals surface area contributed by atoms with Gasteiger partial charge in [0.05, 0.1) is 23.9 Å². The zero-order valence-corrected chi connectivity index (χ0v) is 7.14. The van der Waals surface area contributed by atoms with Crippen LogP contribution in [-0.4, -0.2) is 23.9 Å². The quantitative estimate of drug-likeness (QED) is 0.463. The summed E-state index contributed by atoms with van der Waals surface area (Å²) < 4.78 is 5.66. The van der Waals surface area contributed by atoms with Crippen molar-refractivity contribution in [3.05, 3.63) is 0 Å². The van der Waals surface area contributed by atoms with E-state index in [1.165, 1.54) is 19.3 Å². The van der Waals surface area contributed by atoms with Crippen LogP contribution in [-0.2, 0) is 4.74 Å². The van der Waals surface area contributed by atoms with Gasteiger partial charge in [-0.25, -0.2) is 4.99 Å². The highest BCUT2D eigenvalue weighted by atomic mass is 32.1. The van der Waals surface area contributed by atoms with Crippen molar-refractivity contribution in [1.29, 1.82) is 0 Å². The van der Waals surface area contributed by atoms with Gasteiger partial charge in [0, 0.05) is 5.92 Å². The molecule has 2 saturated heterocycles. The van der Waals surface area contributed by atoms with E-state index in [1.807, 2.05) is 0 Å². The number of fused-ring (bicyclic) bond motifs is 2. The van der Waals surface area contributed by atoms with E-state index in [1.54, 1.807) is 0 Å². The van der Waals surface area contributed by atoms with Crippen LogP contribution in [0.4, 0.5) is 0 Å². The summed E-state index contributed by atoms with van der Waals surface area (Å²) in [6.07, 6.45) is 4.67. The number of rotatable bonds is 2. The predicted molar refractivity (Wildman–Crippen MR) is 45.9 cm³/mol. The number of hydrogen-bond acceptors (Lipinski definition) is 3. The summed E-state index contributed by atoms with van der Waals surface area (Å²) in [5, 5.41) is 2.41. The third kappa shape index (κ3) is 1.36. The van der Waals surface area contributed by atoms with Crippen molar-refractivity contribution < 1.29 is 4.74 Å². The summed E-state index contributed by atoms with van der Waals surface area (Å²) in [5.74, 6) is 0.629. The van der Waals surface area contributed by atoms with Crippen LogP contribution in [0.15, 0.2) is 4.99 Å². The second-order valence-electron chi connectivity index (χ2n) is 3.30. The molecule has 0 aliphatic carbocycles. The lowest BCUT2D eigenvalue weighted by atomic mass is 9.89. The fourth-order valence-corrected chi connectivity index (χ4v) is 2.16. The fraction of sp³-hybridized carbons (Fsp3) is 0.875. The Morgan fingerprint density at radius 1 is 1.55 bits per heavy atom. The molecule has 0 N–H and O–H groups in total. The van der Waals surface area contributed by atoms with Crippen molar-refractivity contribution in [2.75, 3.05) is 6.54 Å². The van der Waals surface area contributed by atoms with E-state index in [2.05, 4.69) is 22.4 Å². The van der Waals surface area contributed by atoms with E-state index in [0.717, 1.165) is 6.54 Å². The third-order valence-corrected chi connectivity index (χ3v) is 2.75. The Morgan fingerprint density at radius 2 is 2.45 bits per heavy atom. The van der Waals surface area contributed by atoms with Crippen LogP contribution in [0.25, 0.3) is 0 Å². The van der Waals surface area contributed by atoms with Crippen molar-refractivity contribution in [3.8, 4) is 0 Å². The first-order chi connectivity index (χ1) is 5.40. The van der Waals surface area contributed by atoms with Gasteiger partial charge in [0.2, 0.25) is 0 Å². The maximum atomic E-state index is 5.66. The second kappa shape index (κ2) is 3.02. The molecule has 0 spiro atoms. The van der Waals surface area contributed by atoms with Crippen molar-refractivity contribution in [1.82, 2.24) is 0 Å². The maximum absolute atomic E-state index is 5.66. The normalized spacial score (nSPS) is 40.5. The lowest BCUT2D eigenvalue weighted by Crippen LogP contribution is -2.18. The third-order valence-electron chi connectivity index (χ3n) is 2.62. The molecule has 0 aromatic heterocycles. The Kier molecular flexibility index (Phi) is 2.03. The highest BCUT2D eigenvalue weighted by molar-refractivity contribution is 7.78. The molecule has 0 amide bonds. The molecule has 2 nitrogen and oxygen atoms in total. The Morgan fingerprint density at radius 3 is 3.00 bits per heavy atom. The Hall–Kier alpha value is -0.240. The van der Waals surface area contributed by atoms with Crippen molar-refractivity contribution in [2.45, 2.75) is 31.5 Å². The SMILES string of the molecule is S=C=NCC1CC2CCC1O2. The molecule has 0 aromatic rings. The van der Waals surface area contributed by atoms with Gasteiger partial charge >= 0.3 is 0 Å². The van der Waals surface area contributed by atoms with Crippen molar-refractivity contribution in [2.24, 2.45) is 10.9 Å². The minimum atomic E-state index is 0.479. The highest BCUT2D eigenvalue weighted by Crippen LogP contribution is 2.38. The number of ether oxygens (including phenoxy) is 1. The molecule has 11 heavy (non-hydrogen) atoms. The molecule has 2 fully saturated rings. The molecule has 2 aliphatic rings. The Bertz CT molecular complexity index is 200. The average molecular weight is 169 g/mol. The summed E-state index contributed by atoms with van der Waals surface area (Å²) in [4.78, 5) is 3.96. The van der Waals surface area contributed by atoms with Crippen LogP contribution in [0.5, 0.6) is 0 Å². The maximum Gasteiger partial charge on any atom is 0.0626 e. The number of aliphatic imine (C=N–C) groups is 1. The van der Waals surface area contributed by atoms with E-state index < -0.39 is 0 Å². The molecule has 2 heterocycles. The van der Waals surface area contributed by atoms with E-state index in [9.17, 15) is 0 Å². The van der Waals surface area contributed by atoms with Crippen molar-refractivity contribution in [3.63, 3.8) is 0 Å². The zero-order valence-electron chi connectivity index (χ0n) is 6.32. The number of isothiocyanates is 1. The van der Waals surface area contributed by atoms with Crippen LogP contribution in [0.3, 0.4) is 0 Å². The molecule has 60 valence electrons. The Balaban J connectivity index is 1.92. The van der Waals surface area contributed by atoms with Crippen molar-refractivity contribution >= 4 is 17.4 Å². The van der Waals surface area contributed by atoms with Crippen LogP contribution in [0, 0.1) is 5.92 Å². The fourth-order valence-electron chi connectivity index (χ4n) is 2.09. The summed E-state index contributed by atoms with van der Waals surface area (Å²) in [5.41, 5.74) is 0. The molecule has 2 bridgehead atoms. The predicted octanol–water partition coefficient (Wildman–Crippen LogP) is 1.66. The van der Waals surface area contributed by atoms with Gasteiger partial charge in [0.25, 0.3) is 0 Å². The van der Waals surface area contributed by atoms with Crippen LogP contribution in [0.2, 0.25) is 0 Å². The minimum Gasteiger partial charge on any atom is -0.375 e. The number of nitrogens with zero attached hydrogens (tertiary/aromatic N) is 1. The molecular weight excluding hydrogens is 158 g/mol. The molecule has 0 aromatic carbocycles. The largest absolute Gasteiger partial charge is 0.375 e. The summed E-state index contributed by atoms with van der Waals surface area (Å²) >= 11 is 4.52. The zero-order chi connectivity index (χ0) is 7.68. The van der Waals surface area contributed by atoms with Gasteiger partial charge in [0.1, 0.15) is 0 Å². The van der Waals surface area contributed by atoms with Gasteiger partial charge in [-0.1, -0.05) is 0 Å². The molecule has 3 unspecified atom stereocenters. The van der Waals surface area contributed by atoms with E-state index >= 15 is 0 Å². The monoisotopic (exact) mass is 169 g/mol. The smallest absolute Gasteiger partial charge is 0.0626 e. The van der Waals surface area contributed by atoms with Gasteiger partial charge < -0.3 is 4.74 Å². The first kappa shape index (κ1) is 7.41. The molecule has 3 heteroatoms. The molecule has 2 aliphatic heterocycles. The lowest BCUT2D eigenvalue weighted by molar-refractivity contribution is 0.0937. The Labute approximate surface area is 71.6 Å². The van der Waals surface area contributed by atoms with E-state index in [4.69, 9.17) is 4.74 Å². The minimum absolute atomic E-state index is 0.479. The second-order valence-corrected chi connectivity index (χ2v) is 3.48. The molecule has 0 radical (unpaired) electrons. The summed E-state index contributed by atoms with van der Waals surface area (Å²) in [7, 11) is 0. The number of hydrogen-bond donors (Lipinski definition) is 0. The van der Waals surface area contributed by atoms with Gasteiger partial charge in [0.15, 0.2) is 0 Å². The molecule has 0 saturated carbocycles. The van der Waals surface area contributed by atoms with E-state index in [-0.39, 0.29) is 0 Å². The molecular formula is C8H11NOS. The molecule has 2 rings (SSSR count). The van der Waals surface area contributed by atoms with E-state index in [0.29, 0.717) is 18.1 Å². The van der Waals surface area contributed by atoms with Crippen LogP contribution >= 0.6 is 12.2 Å². The van der Waals surface area contributed by atoms with Gasteiger partial charge in [-0.05, 0) is 31.5 Å². The number of thiocarbonyl (C=S) groups is 1. The van der Waals surface area contributed by atoms with Crippen LogP contribution < -0.4 is 0 Å².